The Hall–Kier alpha value is 0. The van der Waals surface area contributed by atoms with Gasteiger partial charge in [0.2, 0.25) is 0 Å². The molecule has 0 N–H and O–H groups in total. The maximum absolute atomic E-state index is 2.42. The van der Waals surface area contributed by atoms with Crippen LogP contribution in [0.5, 0.6) is 0 Å². The fourth-order valence-corrected chi connectivity index (χ4v) is 3.26. The van der Waals surface area contributed by atoms with Gasteiger partial charge in [-0.05, 0) is 37.0 Å². The molecule has 2 aliphatic carbocycles. The SMILES string of the molecule is C[C](CC1CCCC1)C1CCCC1. The summed E-state index contributed by atoms with van der Waals surface area (Å²) in [6.45, 7) is 2.42. The van der Waals surface area contributed by atoms with Gasteiger partial charge in [0.1, 0.15) is 0 Å². The lowest BCUT2D eigenvalue weighted by Gasteiger charge is -2.21. The molecule has 2 aliphatic rings. The van der Waals surface area contributed by atoms with Crippen molar-refractivity contribution in [3.05, 3.63) is 5.92 Å². The molecule has 0 saturated heterocycles. The third kappa shape index (κ3) is 2.48. The molecule has 0 aromatic carbocycles. The average Bonchev–Trinajstić information content (AvgIpc) is 2.74. The Morgan fingerprint density at radius 1 is 0.923 bits per heavy atom. The van der Waals surface area contributed by atoms with E-state index in [-0.39, 0.29) is 0 Å². The highest BCUT2D eigenvalue weighted by atomic mass is 14.3. The van der Waals surface area contributed by atoms with Crippen molar-refractivity contribution in [1.82, 2.24) is 0 Å². The molecule has 2 saturated carbocycles. The van der Waals surface area contributed by atoms with Crippen LogP contribution in [-0.2, 0) is 0 Å². The fourth-order valence-electron chi connectivity index (χ4n) is 3.26. The van der Waals surface area contributed by atoms with Crippen molar-refractivity contribution in [3.63, 3.8) is 0 Å². The molecule has 0 amide bonds. The lowest BCUT2D eigenvalue weighted by Crippen LogP contribution is -2.09. The third-order valence-corrected chi connectivity index (χ3v) is 4.14. The molecular weight excluding hydrogens is 156 g/mol. The zero-order chi connectivity index (χ0) is 9.10. The Bertz CT molecular complexity index is 138. The first-order chi connectivity index (χ1) is 6.36. The van der Waals surface area contributed by atoms with Gasteiger partial charge in [-0.2, -0.15) is 0 Å². The predicted octanol–water partition coefficient (Wildman–Crippen LogP) is 4.35. The second-order valence-corrected chi connectivity index (χ2v) is 5.18. The molecule has 0 bridgehead atoms. The number of hydrogen-bond donors (Lipinski definition) is 0. The lowest BCUT2D eigenvalue weighted by molar-refractivity contribution is 0.439. The van der Waals surface area contributed by atoms with Gasteiger partial charge in [-0.15, -0.1) is 0 Å². The fraction of sp³-hybridized carbons (Fsp3) is 0.923. The molecule has 75 valence electrons. The Kier molecular flexibility index (Phi) is 3.29. The molecule has 13 heavy (non-hydrogen) atoms. The molecular formula is C13H23. The Morgan fingerprint density at radius 2 is 1.46 bits per heavy atom. The Labute approximate surface area is 83.1 Å². The van der Waals surface area contributed by atoms with Crippen LogP contribution in [0.2, 0.25) is 0 Å². The minimum Gasteiger partial charge on any atom is -0.0588 e. The van der Waals surface area contributed by atoms with E-state index < -0.39 is 0 Å². The first kappa shape index (κ1) is 9.55. The van der Waals surface area contributed by atoms with Gasteiger partial charge in [0, 0.05) is 0 Å². The van der Waals surface area contributed by atoms with Crippen LogP contribution in [0.25, 0.3) is 0 Å². The maximum atomic E-state index is 2.42. The molecule has 0 aliphatic heterocycles. The second kappa shape index (κ2) is 4.48. The highest BCUT2D eigenvalue weighted by Crippen LogP contribution is 2.39. The molecule has 0 atom stereocenters. The number of rotatable bonds is 3. The van der Waals surface area contributed by atoms with Gasteiger partial charge in [-0.25, -0.2) is 0 Å². The van der Waals surface area contributed by atoms with Crippen LogP contribution in [0.4, 0.5) is 0 Å². The van der Waals surface area contributed by atoms with Crippen molar-refractivity contribution in [1.29, 1.82) is 0 Å². The monoisotopic (exact) mass is 179 g/mol. The smallest absolute Gasteiger partial charge is 0.0238 e. The summed E-state index contributed by atoms with van der Waals surface area (Å²) in [5.74, 6) is 3.92. The molecule has 0 spiro atoms. The summed E-state index contributed by atoms with van der Waals surface area (Å²) in [4.78, 5) is 0. The standard InChI is InChI=1S/C13H23/c1-11(13-8-4-5-9-13)10-12-6-2-3-7-12/h12-13H,2-10H2,1H3. The van der Waals surface area contributed by atoms with Crippen molar-refractivity contribution < 1.29 is 0 Å². The lowest BCUT2D eigenvalue weighted by atomic mass is 9.84. The predicted molar refractivity (Wildman–Crippen MR) is 57.5 cm³/mol. The summed E-state index contributed by atoms with van der Waals surface area (Å²) in [5, 5.41) is 0. The third-order valence-electron chi connectivity index (χ3n) is 4.14. The molecule has 0 unspecified atom stereocenters. The van der Waals surface area contributed by atoms with E-state index in [1.54, 1.807) is 0 Å². The zero-order valence-electron chi connectivity index (χ0n) is 9.02. The molecule has 0 nitrogen and oxygen atoms in total. The van der Waals surface area contributed by atoms with Crippen LogP contribution in [0.1, 0.15) is 64.7 Å². The van der Waals surface area contributed by atoms with Crippen LogP contribution >= 0.6 is 0 Å². The van der Waals surface area contributed by atoms with Gasteiger partial charge in [0.15, 0.2) is 0 Å². The van der Waals surface area contributed by atoms with Gasteiger partial charge in [-0.1, -0.05) is 45.4 Å². The first-order valence-corrected chi connectivity index (χ1v) is 6.18. The van der Waals surface area contributed by atoms with Crippen molar-refractivity contribution in [3.8, 4) is 0 Å². The number of hydrogen-bond acceptors (Lipinski definition) is 0. The molecule has 0 heterocycles. The van der Waals surface area contributed by atoms with Crippen LogP contribution in [0.15, 0.2) is 0 Å². The van der Waals surface area contributed by atoms with Crippen LogP contribution in [-0.4, -0.2) is 0 Å². The van der Waals surface area contributed by atoms with E-state index >= 15 is 0 Å². The summed E-state index contributed by atoms with van der Waals surface area (Å²) >= 11 is 0. The van der Waals surface area contributed by atoms with Gasteiger partial charge < -0.3 is 0 Å². The quantitative estimate of drug-likeness (QED) is 0.604. The summed E-state index contributed by atoms with van der Waals surface area (Å²) in [7, 11) is 0. The van der Waals surface area contributed by atoms with E-state index in [1.807, 2.05) is 5.92 Å². The van der Waals surface area contributed by atoms with Crippen molar-refractivity contribution in [2.24, 2.45) is 11.8 Å². The van der Waals surface area contributed by atoms with Gasteiger partial charge in [-0.3, -0.25) is 0 Å². The summed E-state index contributed by atoms with van der Waals surface area (Å²) in [6, 6.07) is 0. The maximum Gasteiger partial charge on any atom is -0.0238 e. The van der Waals surface area contributed by atoms with Crippen molar-refractivity contribution in [2.45, 2.75) is 64.7 Å². The average molecular weight is 179 g/mol. The summed E-state index contributed by atoms with van der Waals surface area (Å²) < 4.78 is 0. The van der Waals surface area contributed by atoms with Gasteiger partial charge >= 0.3 is 0 Å². The molecule has 2 rings (SSSR count). The van der Waals surface area contributed by atoms with E-state index in [0.717, 1.165) is 11.8 Å². The van der Waals surface area contributed by atoms with E-state index in [2.05, 4.69) is 6.92 Å². The van der Waals surface area contributed by atoms with E-state index in [1.165, 1.54) is 57.8 Å². The topological polar surface area (TPSA) is 0 Å². The molecule has 0 aromatic rings. The highest BCUT2D eigenvalue weighted by Gasteiger charge is 2.25. The van der Waals surface area contributed by atoms with Crippen LogP contribution in [0, 0.1) is 17.8 Å². The normalized spacial score (nSPS) is 26.3. The van der Waals surface area contributed by atoms with Gasteiger partial charge in [0.05, 0.1) is 0 Å². The largest absolute Gasteiger partial charge is 0.0588 e. The Morgan fingerprint density at radius 3 is 2.08 bits per heavy atom. The summed E-state index contributed by atoms with van der Waals surface area (Å²) in [5.41, 5.74) is 0. The highest BCUT2D eigenvalue weighted by molar-refractivity contribution is 4.96. The van der Waals surface area contributed by atoms with Crippen LogP contribution < -0.4 is 0 Å². The van der Waals surface area contributed by atoms with E-state index in [0.29, 0.717) is 0 Å². The minimum absolute atomic E-state index is 1.01. The molecule has 2 fully saturated rings. The van der Waals surface area contributed by atoms with Crippen molar-refractivity contribution >= 4 is 0 Å². The second-order valence-electron chi connectivity index (χ2n) is 5.18. The summed E-state index contributed by atoms with van der Waals surface area (Å²) in [6.07, 6.45) is 13.5. The minimum atomic E-state index is 1.01. The Balaban J connectivity index is 1.73. The van der Waals surface area contributed by atoms with Gasteiger partial charge in [0.25, 0.3) is 0 Å². The van der Waals surface area contributed by atoms with Crippen molar-refractivity contribution in [2.75, 3.05) is 0 Å². The molecule has 0 aromatic heterocycles. The van der Waals surface area contributed by atoms with E-state index in [4.69, 9.17) is 0 Å². The molecule has 1 radical (unpaired) electrons. The van der Waals surface area contributed by atoms with Crippen LogP contribution in [0.3, 0.4) is 0 Å². The first-order valence-electron chi connectivity index (χ1n) is 6.18. The zero-order valence-corrected chi connectivity index (χ0v) is 9.02. The molecule has 0 heteroatoms. The van der Waals surface area contributed by atoms with E-state index in [9.17, 15) is 0 Å².